The van der Waals surface area contributed by atoms with E-state index in [-0.39, 0.29) is 12.1 Å². The average Bonchev–Trinajstić information content (AvgIpc) is 3.52. The number of esters is 2. The van der Waals surface area contributed by atoms with Crippen LogP contribution in [0.3, 0.4) is 0 Å². The smallest absolute Gasteiger partial charge is 0.343 e. The van der Waals surface area contributed by atoms with Crippen LogP contribution >= 0.6 is 0 Å². The first-order valence-corrected chi connectivity index (χ1v) is 8.92. The molecule has 0 bridgehead atoms. The Morgan fingerprint density at radius 2 is 1.59 bits per heavy atom. The summed E-state index contributed by atoms with van der Waals surface area (Å²) in [7, 11) is 0. The van der Waals surface area contributed by atoms with Gasteiger partial charge in [0.15, 0.2) is 6.10 Å². The molecule has 1 saturated heterocycles. The highest BCUT2D eigenvalue weighted by molar-refractivity contribution is 5.91. The molecule has 0 radical (unpaired) electrons. The van der Waals surface area contributed by atoms with Gasteiger partial charge in [0.2, 0.25) is 0 Å². The molecule has 2 aromatic carbocycles. The molecule has 1 unspecified atom stereocenters. The number of rotatable bonds is 9. The van der Waals surface area contributed by atoms with Crippen molar-refractivity contribution in [2.24, 2.45) is 0 Å². The second-order valence-corrected chi connectivity index (χ2v) is 6.27. The van der Waals surface area contributed by atoms with Crippen LogP contribution in [-0.4, -0.2) is 37.9 Å². The van der Waals surface area contributed by atoms with E-state index in [0.717, 1.165) is 18.4 Å². The van der Waals surface area contributed by atoms with Crippen molar-refractivity contribution in [2.75, 3.05) is 19.8 Å². The molecule has 1 atom stereocenters. The number of epoxide rings is 1. The van der Waals surface area contributed by atoms with Crippen LogP contribution in [0.2, 0.25) is 0 Å². The average molecular weight is 370 g/mol. The van der Waals surface area contributed by atoms with Gasteiger partial charge in [0, 0.05) is 0 Å². The first-order chi connectivity index (χ1) is 13.1. The largest absolute Gasteiger partial charge is 0.494 e. The maximum atomic E-state index is 12.1. The molecule has 27 heavy (non-hydrogen) atoms. The van der Waals surface area contributed by atoms with Gasteiger partial charge < -0.3 is 18.9 Å². The lowest BCUT2D eigenvalue weighted by molar-refractivity contribution is -0.145. The van der Waals surface area contributed by atoms with Crippen molar-refractivity contribution in [1.82, 2.24) is 0 Å². The molecule has 0 aromatic heterocycles. The fourth-order valence-electron chi connectivity index (χ4n) is 2.30. The monoisotopic (exact) mass is 370 g/mol. The van der Waals surface area contributed by atoms with Gasteiger partial charge in [-0.1, -0.05) is 17.7 Å². The summed E-state index contributed by atoms with van der Waals surface area (Å²) in [5.74, 6) is 0.487. The van der Waals surface area contributed by atoms with Gasteiger partial charge in [-0.2, -0.15) is 0 Å². The van der Waals surface area contributed by atoms with E-state index in [2.05, 4.69) is 0 Å². The standard InChI is InChI=1S/C21H22O6/c1-15-4-8-18(9-5-15)27-20(22)16-6-10-17(11-7-16)24-12-2-3-13-25-21(23)19-14-26-19/h4-11,19H,2-3,12-14H2,1H3. The molecule has 1 aliphatic heterocycles. The van der Waals surface area contributed by atoms with Gasteiger partial charge >= 0.3 is 11.9 Å². The Hall–Kier alpha value is -2.86. The fraction of sp³-hybridized carbons (Fsp3) is 0.333. The zero-order valence-corrected chi connectivity index (χ0v) is 15.2. The summed E-state index contributed by atoms with van der Waals surface area (Å²) in [6, 6.07) is 14.1. The first kappa shape index (κ1) is 18.9. The van der Waals surface area contributed by atoms with Crippen molar-refractivity contribution < 1.29 is 28.5 Å². The van der Waals surface area contributed by atoms with Gasteiger partial charge in [-0.3, -0.25) is 0 Å². The first-order valence-electron chi connectivity index (χ1n) is 8.92. The van der Waals surface area contributed by atoms with E-state index in [0.29, 0.717) is 36.9 Å². The number of carbonyl (C=O) groups is 2. The van der Waals surface area contributed by atoms with E-state index >= 15 is 0 Å². The van der Waals surface area contributed by atoms with Crippen LogP contribution in [0.5, 0.6) is 11.5 Å². The maximum absolute atomic E-state index is 12.1. The number of benzene rings is 2. The zero-order chi connectivity index (χ0) is 19.1. The molecular formula is C21H22O6. The van der Waals surface area contributed by atoms with E-state index in [9.17, 15) is 9.59 Å². The quantitative estimate of drug-likeness (QED) is 0.292. The number of hydrogen-bond donors (Lipinski definition) is 0. The molecule has 0 amide bonds. The molecule has 142 valence electrons. The van der Waals surface area contributed by atoms with E-state index in [1.807, 2.05) is 19.1 Å². The molecular weight excluding hydrogens is 348 g/mol. The van der Waals surface area contributed by atoms with Crippen LogP contribution in [0.15, 0.2) is 48.5 Å². The van der Waals surface area contributed by atoms with E-state index in [1.165, 1.54) is 0 Å². The van der Waals surface area contributed by atoms with Crippen molar-refractivity contribution >= 4 is 11.9 Å². The molecule has 0 saturated carbocycles. The number of hydrogen-bond acceptors (Lipinski definition) is 6. The predicted molar refractivity (Wildman–Crippen MR) is 98.0 cm³/mol. The molecule has 1 aliphatic rings. The summed E-state index contributed by atoms with van der Waals surface area (Å²) in [6.07, 6.45) is 1.13. The molecule has 0 aliphatic carbocycles. The van der Waals surface area contributed by atoms with Crippen LogP contribution in [0.25, 0.3) is 0 Å². The zero-order valence-electron chi connectivity index (χ0n) is 15.2. The highest BCUT2D eigenvalue weighted by atomic mass is 16.6. The molecule has 6 heteroatoms. The van der Waals surface area contributed by atoms with Crippen LogP contribution in [0.1, 0.15) is 28.8 Å². The molecule has 1 heterocycles. The van der Waals surface area contributed by atoms with Gasteiger partial charge in [-0.15, -0.1) is 0 Å². The molecule has 0 spiro atoms. The summed E-state index contributed by atoms with van der Waals surface area (Å²) in [4.78, 5) is 23.4. The summed E-state index contributed by atoms with van der Waals surface area (Å²) in [5.41, 5.74) is 1.56. The Kier molecular flexibility index (Phi) is 6.44. The van der Waals surface area contributed by atoms with Crippen LogP contribution < -0.4 is 9.47 Å². The number of unbranched alkanes of at least 4 members (excludes halogenated alkanes) is 1. The van der Waals surface area contributed by atoms with Gasteiger partial charge in [-0.05, 0) is 56.2 Å². The Morgan fingerprint density at radius 3 is 2.26 bits per heavy atom. The Balaban J connectivity index is 1.35. The van der Waals surface area contributed by atoms with Crippen LogP contribution in [0, 0.1) is 6.92 Å². The molecule has 0 N–H and O–H groups in total. The summed E-state index contributed by atoms with van der Waals surface area (Å²) >= 11 is 0. The number of carbonyl (C=O) groups excluding carboxylic acids is 2. The fourth-order valence-corrected chi connectivity index (χ4v) is 2.30. The van der Waals surface area contributed by atoms with Crippen molar-refractivity contribution in [3.63, 3.8) is 0 Å². The second kappa shape index (κ2) is 9.19. The lowest BCUT2D eigenvalue weighted by Gasteiger charge is -2.08. The SMILES string of the molecule is Cc1ccc(OC(=O)c2ccc(OCCCCOC(=O)C3CO3)cc2)cc1. The van der Waals surface area contributed by atoms with Gasteiger partial charge in [0.05, 0.1) is 25.4 Å². The molecule has 2 aromatic rings. The predicted octanol–water partition coefficient (Wildman–Crippen LogP) is 3.32. The van der Waals surface area contributed by atoms with Crippen molar-refractivity contribution in [2.45, 2.75) is 25.9 Å². The van der Waals surface area contributed by atoms with Crippen molar-refractivity contribution in [3.8, 4) is 11.5 Å². The minimum Gasteiger partial charge on any atom is -0.494 e. The van der Waals surface area contributed by atoms with Crippen molar-refractivity contribution in [1.29, 1.82) is 0 Å². The number of ether oxygens (including phenoxy) is 4. The van der Waals surface area contributed by atoms with Gasteiger partial charge in [0.25, 0.3) is 0 Å². The molecule has 1 fully saturated rings. The van der Waals surface area contributed by atoms with Crippen LogP contribution in [0.4, 0.5) is 0 Å². The highest BCUT2D eigenvalue weighted by Crippen LogP contribution is 2.17. The summed E-state index contributed by atoms with van der Waals surface area (Å²) < 4.78 is 20.8. The number of aryl methyl sites for hydroxylation is 1. The van der Waals surface area contributed by atoms with Crippen molar-refractivity contribution in [3.05, 3.63) is 59.7 Å². The van der Waals surface area contributed by atoms with Gasteiger partial charge in [-0.25, -0.2) is 9.59 Å². The lowest BCUT2D eigenvalue weighted by Crippen LogP contribution is -2.12. The highest BCUT2D eigenvalue weighted by Gasteiger charge is 2.32. The van der Waals surface area contributed by atoms with E-state index < -0.39 is 5.97 Å². The third-order valence-electron chi connectivity index (χ3n) is 3.97. The minimum atomic E-state index is -0.410. The molecule has 6 nitrogen and oxygen atoms in total. The lowest BCUT2D eigenvalue weighted by atomic mass is 10.2. The minimum absolute atomic E-state index is 0.288. The normalized spacial score (nSPS) is 15.1. The maximum Gasteiger partial charge on any atom is 0.343 e. The van der Waals surface area contributed by atoms with Gasteiger partial charge in [0.1, 0.15) is 11.5 Å². The Morgan fingerprint density at radius 1 is 0.963 bits per heavy atom. The topological polar surface area (TPSA) is 74.4 Å². The Bertz CT molecular complexity index is 762. The summed E-state index contributed by atoms with van der Waals surface area (Å²) in [5, 5.41) is 0. The van der Waals surface area contributed by atoms with Crippen LogP contribution in [-0.2, 0) is 14.3 Å². The Labute approximate surface area is 158 Å². The van der Waals surface area contributed by atoms with E-state index in [1.54, 1.807) is 36.4 Å². The second-order valence-electron chi connectivity index (χ2n) is 6.27. The molecule has 3 rings (SSSR count). The third-order valence-corrected chi connectivity index (χ3v) is 3.97. The van der Waals surface area contributed by atoms with E-state index in [4.69, 9.17) is 18.9 Å². The third kappa shape index (κ3) is 6.11. The summed E-state index contributed by atoms with van der Waals surface area (Å²) in [6.45, 7) is 3.31.